The molecule has 0 unspecified atom stereocenters. The Hall–Kier alpha value is -0.880. The fraction of sp³-hybridized carbons (Fsp3) is 0.667. The second-order valence-electron chi connectivity index (χ2n) is 3.53. The minimum atomic E-state index is -3.25. The maximum absolute atomic E-state index is 11.2. The third kappa shape index (κ3) is 4.94. The van der Waals surface area contributed by atoms with Crippen LogP contribution in [0.15, 0.2) is 12.7 Å². The Morgan fingerprint density at radius 3 is 2.60 bits per heavy atom. The molecular formula is C9H16N2O3S. The van der Waals surface area contributed by atoms with Crippen molar-refractivity contribution in [3.05, 3.63) is 12.7 Å². The lowest BCUT2D eigenvalue weighted by molar-refractivity contribution is -0.122. The van der Waals surface area contributed by atoms with E-state index in [2.05, 4.69) is 16.6 Å². The van der Waals surface area contributed by atoms with Crippen LogP contribution in [0.25, 0.3) is 0 Å². The van der Waals surface area contributed by atoms with Gasteiger partial charge in [0.15, 0.2) is 0 Å². The lowest BCUT2D eigenvalue weighted by Crippen LogP contribution is -2.35. The molecule has 86 valence electrons. The van der Waals surface area contributed by atoms with Crippen LogP contribution in [0.3, 0.4) is 0 Å². The van der Waals surface area contributed by atoms with Crippen molar-refractivity contribution in [2.24, 2.45) is 5.92 Å². The first-order valence-corrected chi connectivity index (χ1v) is 6.56. The summed E-state index contributed by atoms with van der Waals surface area (Å²) in [6.45, 7) is 3.91. The van der Waals surface area contributed by atoms with Crippen LogP contribution >= 0.6 is 0 Å². The van der Waals surface area contributed by atoms with Crippen LogP contribution in [0, 0.1) is 5.92 Å². The van der Waals surface area contributed by atoms with Gasteiger partial charge >= 0.3 is 0 Å². The van der Waals surface area contributed by atoms with Crippen molar-refractivity contribution in [1.82, 2.24) is 10.0 Å². The highest BCUT2D eigenvalue weighted by molar-refractivity contribution is 7.89. The van der Waals surface area contributed by atoms with Crippen LogP contribution in [0.1, 0.15) is 12.8 Å². The quantitative estimate of drug-likeness (QED) is 0.464. The van der Waals surface area contributed by atoms with Gasteiger partial charge in [-0.1, -0.05) is 6.08 Å². The van der Waals surface area contributed by atoms with Crippen LogP contribution in [0.4, 0.5) is 0 Å². The molecule has 1 rings (SSSR count). The summed E-state index contributed by atoms with van der Waals surface area (Å²) >= 11 is 0. The zero-order valence-corrected chi connectivity index (χ0v) is 9.35. The molecule has 0 aliphatic heterocycles. The molecule has 2 N–H and O–H groups in total. The zero-order chi connectivity index (χ0) is 11.3. The maximum Gasteiger partial charge on any atom is 0.223 e. The average molecular weight is 232 g/mol. The van der Waals surface area contributed by atoms with Gasteiger partial charge in [0, 0.05) is 19.0 Å². The van der Waals surface area contributed by atoms with E-state index in [-0.39, 0.29) is 24.1 Å². The van der Waals surface area contributed by atoms with Gasteiger partial charge in [0.25, 0.3) is 0 Å². The topological polar surface area (TPSA) is 75.3 Å². The number of hydrogen-bond donors (Lipinski definition) is 2. The molecule has 1 aliphatic rings. The molecule has 0 radical (unpaired) electrons. The summed E-state index contributed by atoms with van der Waals surface area (Å²) in [7, 11) is -3.25. The predicted octanol–water partition coefficient (Wildman–Crippen LogP) is -0.382. The van der Waals surface area contributed by atoms with Crippen molar-refractivity contribution < 1.29 is 13.2 Å². The Morgan fingerprint density at radius 2 is 2.07 bits per heavy atom. The number of carbonyl (C=O) groups excluding carboxylic acids is 1. The predicted molar refractivity (Wildman–Crippen MR) is 57.7 cm³/mol. The molecule has 5 nitrogen and oxygen atoms in total. The van der Waals surface area contributed by atoms with Gasteiger partial charge in [-0.2, -0.15) is 0 Å². The second-order valence-corrected chi connectivity index (χ2v) is 5.38. The van der Waals surface area contributed by atoms with Gasteiger partial charge in [0.05, 0.1) is 5.75 Å². The summed E-state index contributed by atoms with van der Waals surface area (Å²) < 4.78 is 24.6. The maximum atomic E-state index is 11.2. The van der Waals surface area contributed by atoms with E-state index in [4.69, 9.17) is 0 Å². The summed E-state index contributed by atoms with van der Waals surface area (Å²) in [5.74, 6) is 0.0940. The SMILES string of the molecule is C=CCS(=O)(=O)NCCNC(=O)C1CC1. The Kier molecular flexibility index (Phi) is 4.28. The van der Waals surface area contributed by atoms with Crippen LogP contribution in [0.5, 0.6) is 0 Å². The number of amides is 1. The number of carbonyl (C=O) groups is 1. The molecule has 1 aliphatic carbocycles. The molecule has 0 aromatic heterocycles. The number of hydrogen-bond acceptors (Lipinski definition) is 3. The largest absolute Gasteiger partial charge is 0.355 e. The minimum Gasteiger partial charge on any atom is -0.355 e. The summed E-state index contributed by atoms with van der Waals surface area (Å²) in [4.78, 5) is 11.2. The third-order valence-corrected chi connectivity index (χ3v) is 3.35. The van der Waals surface area contributed by atoms with E-state index in [0.717, 1.165) is 12.8 Å². The normalized spacial score (nSPS) is 16.0. The fourth-order valence-electron chi connectivity index (χ4n) is 1.10. The zero-order valence-electron chi connectivity index (χ0n) is 8.53. The minimum absolute atomic E-state index is 0.0259. The highest BCUT2D eigenvalue weighted by atomic mass is 32.2. The standard InChI is InChI=1S/C9H16N2O3S/c1-2-7-15(13,14)11-6-5-10-9(12)8-3-4-8/h2,8,11H,1,3-7H2,(H,10,12). The summed E-state index contributed by atoms with van der Waals surface area (Å²) in [5.41, 5.74) is 0. The molecule has 0 spiro atoms. The van der Waals surface area contributed by atoms with E-state index in [1.54, 1.807) is 0 Å². The number of nitrogens with one attached hydrogen (secondary N) is 2. The van der Waals surface area contributed by atoms with Gasteiger partial charge in [0.1, 0.15) is 0 Å². The highest BCUT2D eigenvalue weighted by Gasteiger charge is 2.28. The van der Waals surface area contributed by atoms with E-state index in [0.29, 0.717) is 6.54 Å². The molecule has 0 atom stereocenters. The van der Waals surface area contributed by atoms with Gasteiger partial charge in [-0.3, -0.25) is 4.79 Å². The van der Waals surface area contributed by atoms with Crippen LogP contribution in [-0.2, 0) is 14.8 Å². The van der Waals surface area contributed by atoms with Crippen molar-refractivity contribution in [1.29, 1.82) is 0 Å². The average Bonchev–Trinajstić information content (AvgIpc) is 2.95. The van der Waals surface area contributed by atoms with Crippen LogP contribution in [0.2, 0.25) is 0 Å². The second kappa shape index (κ2) is 5.27. The molecule has 0 aromatic rings. The molecule has 1 saturated carbocycles. The van der Waals surface area contributed by atoms with Crippen LogP contribution < -0.4 is 10.0 Å². The lowest BCUT2D eigenvalue weighted by Gasteiger charge is -2.05. The lowest BCUT2D eigenvalue weighted by atomic mass is 10.4. The van der Waals surface area contributed by atoms with Crippen molar-refractivity contribution in [2.75, 3.05) is 18.8 Å². The summed E-state index contributed by atoms with van der Waals surface area (Å²) in [6, 6.07) is 0. The van der Waals surface area contributed by atoms with Crippen molar-refractivity contribution in [3.63, 3.8) is 0 Å². The van der Waals surface area contributed by atoms with E-state index in [1.165, 1.54) is 6.08 Å². The third-order valence-electron chi connectivity index (χ3n) is 2.03. The first kappa shape index (κ1) is 12.2. The van der Waals surface area contributed by atoms with Crippen molar-refractivity contribution in [2.45, 2.75) is 12.8 Å². The highest BCUT2D eigenvalue weighted by Crippen LogP contribution is 2.28. The molecular weight excluding hydrogens is 216 g/mol. The Balaban J connectivity index is 2.10. The van der Waals surface area contributed by atoms with Gasteiger partial charge in [-0.25, -0.2) is 13.1 Å². The van der Waals surface area contributed by atoms with Crippen molar-refractivity contribution in [3.8, 4) is 0 Å². The first-order chi connectivity index (χ1) is 7.05. The monoisotopic (exact) mass is 232 g/mol. The molecule has 1 fully saturated rings. The summed E-state index contributed by atoms with van der Waals surface area (Å²) in [5, 5.41) is 2.67. The Morgan fingerprint density at radius 1 is 1.40 bits per heavy atom. The molecule has 0 bridgehead atoms. The van der Waals surface area contributed by atoms with Gasteiger partial charge < -0.3 is 5.32 Å². The molecule has 0 saturated heterocycles. The van der Waals surface area contributed by atoms with Gasteiger partial charge in [-0.05, 0) is 12.8 Å². The summed E-state index contributed by atoms with van der Waals surface area (Å²) in [6.07, 6.45) is 3.23. The smallest absolute Gasteiger partial charge is 0.223 e. The fourth-order valence-corrected chi connectivity index (χ4v) is 1.94. The first-order valence-electron chi connectivity index (χ1n) is 4.91. The molecule has 0 heterocycles. The molecule has 6 heteroatoms. The van der Waals surface area contributed by atoms with Crippen LogP contribution in [-0.4, -0.2) is 33.2 Å². The molecule has 15 heavy (non-hydrogen) atoms. The number of sulfonamides is 1. The Labute approximate surface area is 90.0 Å². The Bertz CT molecular complexity index is 333. The van der Waals surface area contributed by atoms with Gasteiger partial charge in [-0.15, -0.1) is 6.58 Å². The van der Waals surface area contributed by atoms with E-state index >= 15 is 0 Å². The van der Waals surface area contributed by atoms with Crippen molar-refractivity contribution >= 4 is 15.9 Å². The molecule has 1 amide bonds. The van der Waals surface area contributed by atoms with E-state index in [9.17, 15) is 13.2 Å². The number of rotatable bonds is 7. The van der Waals surface area contributed by atoms with E-state index < -0.39 is 10.0 Å². The molecule has 0 aromatic carbocycles. The van der Waals surface area contributed by atoms with Gasteiger partial charge in [0.2, 0.25) is 15.9 Å². The van der Waals surface area contributed by atoms with E-state index in [1.807, 2.05) is 0 Å².